The van der Waals surface area contributed by atoms with Gasteiger partial charge >= 0.3 is 17.9 Å². The summed E-state index contributed by atoms with van der Waals surface area (Å²) in [7, 11) is 0. The fourth-order valence-electron chi connectivity index (χ4n) is 2.11. The Morgan fingerprint density at radius 2 is 0.667 bits per heavy atom. The summed E-state index contributed by atoms with van der Waals surface area (Å²) >= 11 is 0. The Balaban J connectivity index is -0.0000000686. The van der Waals surface area contributed by atoms with Gasteiger partial charge in [0.2, 0.25) is 0 Å². The Morgan fingerprint density at radius 1 is 0.467 bits per heavy atom. The predicted octanol–water partition coefficient (Wildman–Crippen LogP) is 4.47. The average Bonchev–Trinajstić information content (AvgIpc) is 2.60. The molecule has 8 nitrogen and oxygen atoms in total. The van der Waals surface area contributed by atoms with Crippen molar-refractivity contribution >= 4 is 17.9 Å². The van der Waals surface area contributed by atoms with E-state index in [0.29, 0.717) is 19.3 Å². The molecule has 0 aromatic carbocycles. The molecule has 0 bridgehead atoms. The fourth-order valence-corrected chi connectivity index (χ4v) is 2.11. The van der Waals surface area contributed by atoms with Gasteiger partial charge in [0, 0.05) is 52.0 Å². The fraction of sp³-hybridized carbons (Fsp3) is 0.857. The monoisotopic (exact) mass is 515 g/mol. The maximum absolute atomic E-state index is 9.96. The van der Waals surface area contributed by atoms with Crippen LogP contribution < -0.4 is 0 Å². The normalized spacial score (nSPS) is 8.50. The molecule has 9 heteroatoms. The maximum atomic E-state index is 9.96. The van der Waals surface area contributed by atoms with Crippen molar-refractivity contribution in [3.05, 3.63) is 0 Å². The summed E-state index contributed by atoms with van der Waals surface area (Å²) in [6.45, 7) is 6.34. The van der Waals surface area contributed by atoms with Crippen LogP contribution in [0.1, 0.15) is 117 Å². The van der Waals surface area contributed by atoms with Crippen LogP contribution in [0.3, 0.4) is 0 Å². The number of rotatable bonds is 15. The second-order valence-corrected chi connectivity index (χ2v) is 6.61. The van der Waals surface area contributed by atoms with E-state index < -0.39 is 17.9 Å². The van der Waals surface area contributed by atoms with Crippen molar-refractivity contribution in [2.75, 3.05) is 0 Å². The predicted molar refractivity (Wildman–Crippen MR) is 116 cm³/mol. The van der Waals surface area contributed by atoms with Crippen molar-refractivity contribution in [2.24, 2.45) is 0 Å². The number of carbonyl (C=O) groups is 3. The van der Waals surface area contributed by atoms with Crippen LogP contribution in [0, 0.1) is 0 Å². The largest absolute Gasteiger partial charge is 0.481 e. The first-order valence-electron chi connectivity index (χ1n) is 10.5. The minimum absolute atomic E-state index is 0. The van der Waals surface area contributed by atoms with Gasteiger partial charge in [0.1, 0.15) is 0 Å². The van der Waals surface area contributed by atoms with Gasteiger partial charge in [-0.05, 0) is 19.3 Å². The molecule has 30 heavy (non-hydrogen) atoms. The smallest absolute Gasteiger partial charge is 0.303 e. The molecule has 0 rings (SSSR count). The third-order valence-corrected chi connectivity index (χ3v) is 3.73. The zero-order valence-corrected chi connectivity index (χ0v) is 22.1. The van der Waals surface area contributed by atoms with Gasteiger partial charge < -0.3 is 26.3 Å². The Labute approximate surface area is 207 Å². The SMILES string of the molecule is CCCCCCC(=O)O.CCCCCCC(=O)O.CCCCCCC(=O)O.O.O.[Y]. The minimum atomic E-state index is -0.675. The number of unbranched alkanes of at least 4 members (excludes halogenated alkanes) is 9. The van der Waals surface area contributed by atoms with Crippen LogP contribution in [0.25, 0.3) is 0 Å². The van der Waals surface area contributed by atoms with Gasteiger partial charge in [0.05, 0.1) is 0 Å². The van der Waals surface area contributed by atoms with Gasteiger partial charge in [0.25, 0.3) is 0 Å². The van der Waals surface area contributed by atoms with Crippen LogP contribution in [-0.4, -0.2) is 44.2 Å². The van der Waals surface area contributed by atoms with E-state index in [4.69, 9.17) is 15.3 Å². The van der Waals surface area contributed by atoms with E-state index in [1.165, 1.54) is 19.3 Å². The van der Waals surface area contributed by atoms with Crippen LogP contribution >= 0.6 is 0 Å². The zero-order chi connectivity index (χ0) is 21.3. The van der Waals surface area contributed by atoms with E-state index >= 15 is 0 Å². The van der Waals surface area contributed by atoms with Crippen molar-refractivity contribution in [1.29, 1.82) is 0 Å². The molecule has 7 N–H and O–H groups in total. The molecular weight excluding hydrogens is 469 g/mol. The van der Waals surface area contributed by atoms with E-state index in [9.17, 15) is 14.4 Å². The van der Waals surface area contributed by atoms with Gasteiger partial charge in [-0.25, -0.2) is 0 Å². The molecule has 0 aliphatic carbocycles. The van der Waals surface area contributed by atoms with Crippen molar-refractivity contribution in [1.82, 2.24) is 0 Å². The number of hydrogen-bond acceptors (Lipinski definition) is 3. The Kier molecular flexibility index (Phi) is 56.3. The van der Waals surface area contributed by atoms with Gasteiger partial charge in [-0.1, -0.05) is 78.6 Å². The second-order valence-electron chi connectivity index (χ2n) is 6.61. The average molecular weight is 515 g/mol. The van der Waals surface area contributed by atoms with Gasteiger partial charge in [0.15, 0.2) is 0 Å². The van der Waals surface area contributed by atoms with E-state index in [1.807, 2.05) is 0 Å². The maximum Gasteiger partial charge on any atom is 0.303 e. The summed E-state index contributed by atoms with van der Waals surface area (Å²) in [4.78, 5) is 29.9. The van der Waals surface area contributed by atoms with Crippen LogP contribution in [-0.2, 0) is 47.1 Å². The zero-order valence-electron chi connectivity index (χ0n) is 19.3. The van der Waals surface area contributed by atoms with Crippen LogP contribution in [0.4, 0.5) is 0 Å². The Bertz CT molecular complexity index is 300. The molecule has 0 unspecified atom stereocenters. The van der Waals surface area contributed by atoms with Crippen LogP contribution in [0.5, 0.6) is 0 Å². The van der Waals surface area contributed by atoms with E-state index in [1.54, 1.807) is 0 Å². The molecule has 0 aliphatic heterocycles. The van der Waals surface area contributed by atoms with Crippen molar-refractivity contribution in [3.63, 3.8) is 0 Å². The molecule has 181 valence electrons. The van der Waals surface area contributed by atoms with Crippen LogP contribution in [0.2, 0.25) is 0 Å². The summed E-state index contributed by atoms with van der Waals surface area (Å²) in [6, 6.07) is 0. The Morgan fingerprint density at radius 3 is 0.800 bits per heavy atom. The topological polar surface area (TPSA) is 175 Å². The first kappa shape index (κ1) is 43.3. The van der Waals surface area contributed by atoms with Gasteiger partial charge in [-0.3, -0.25) is 14.4 Å². The molecule has 0 aromatic heterocycles. The van der Waals surface area contributed by atoms with E-state index in [-0.39, 0.29) is 43.7 Å². The summed E-state index contributed by atoms with van der Waals surface area (Å²) in [5.74, 6) is -2.02. The molecule has 0 spiro atoms. The quantitative estimate of drug-likeness (QED) is 0.271. The molecule has 0 fully saturated rings. The molecule has 0 aromatic rings. The summed E-state index contributed by atoms with van der Waals surface area (Å²) in [5, 5.41) is 24.6. The van der Waals surface area contributed by atoms with E-state index in [0.717, 1.165) is 57.8 Å². The molecular formula is C21H46O8Y. The first-order valence-corrected chi connectivity index (χ1v) is 10.5. The Hall–Kier alpha value is -0.566. The minimum Gasteiger partial charge on any atom is -0.481 e. The molecule has 0 saturated carbocycles. The third kappa shape index (κ3) is 63.1. The van der Waals surface area contributed by atoms with Crippen molar-refractivity contribution in [2.45, 2.75) is 117 Å². The number of carboxylic acids is 3. The summed E-state index contributed by atoms with van der Waals surface area (Å²) < 4.78 is 0. The third-order valence-electron chi connectivity index (χ3n) is 3.73. The van der Waals surface area contributed by atoms with Crippen LogP contribution in [0.15, 0.2) is 0 Å². The second kappa shape index (κ2) is 39.0. The van der Waals surface area contributed by atoms with Gasteiger partial charge in [-0.15, -0.1) is 0 Å². The van der Waals surface area contributed by atoms with Gasteiger partial charge in [-0.2, -0.15) is 0 Å². The summed E-state index contributed by atoms with van der Waals surface area (Å²) in [5.41, 5.74) is 0. The van der Waals surface area contributed by atoms with Crippen molar-refractivity contribution < 1.29 is 73.4 Å². The summed E-state index contributed by atoms with van der Waals surface area (Å²) in [6.07, 6.45) is 13.7. The first-order chi connectivity index (χ1) is 12.8. The number of carboxylic acid groups (broad SMARTS) is 3. The molecule has 0 aliphatic rings. The molecule has 0 heterocycles. The molecule has 0 atom stereocenters. The molecule has 0 amide bonds. The van der Waals surface area contributed by atoms with Crippen molar-refractivity contribution in [3.8, 4) is 0 Å². The standard InChI is InChI=1S/3C7H14O2.2H2O.Y/c3*1-2-3-4-5-6-7(8)9;;;/h3*2-6H2,1H3,(H,8,9);2*1H2;. The number of aliphatic carboxylic acids is 3. The van der Waals surface area contributed by atoms with E-state index in [2.05, 4.69) is 20.8 Å². The molecule has 0 saturated heterocycles. The number of hydrogen-bond donors (Lipinski definition) is 3. The molecule has 1 radical (unpaired) electrons.